The third-order valence-electron chi connectivity index (χ3n) is 4.87. The molecule has 0 unspecified atom stereocenters. The normalized spacial score (nSPS) is 24.3. The largest absolute Gasteiger partial charge is 0.380 e. The average molecular weight is 343 g/mol. The number of hydrogen-bond acceptors (Lipinski definition) is 6. The highest BCUT2D eigenvalue weighted by Gasteiger charge is 2.29. The van der Waals surface area contributed by atoms with Crippen LogP contribution >= 0.6 is 0 Å². The summed E-state index contributed by atoms with van der Waals surface area (Å²) < 4.78 is 38.0. The molecule has 7 nitrogen and oxygen atoms in total. The predicted molar refractivity (Wildman–Crippen MR) is 84.7 cm³/mol. The fourth-order valence-corrected chi connectivity index (χ4v) is 4.93. The molecule has 8 heteroatoms. The van der Waals surface area contributed by atoms with Gasteiger partial charge in [-0.05, 0) is 52.1 Å². The van der Waals surface area contributed by atoms with Crippen molar-refractivity contribution in [3.05, 3.63) is 11.5 Å². The maximum absolute atomic E-state index is 12.4. The van der Waals surface area contributed by atoms with E-state index in [4.69, 9.17) is 9.26 Å². The zero-order chi connectivity index (χ0) is 16.4. The van der Waals surface area contributed by atoms with Crippen LogP contribution in [0.4, 0.5) is 0 Å². The Hall–Kier alpha value is -0.960. The molecule has 0 amide bonds. The van der Waals surface area contributed by atoms with E-state index in [2.05, 4.69) is 14.8 Å². The van der Waals surface area contributed by atoms with Gasteiger partial charge in [-0.15, -0.1) is 0 Å². The first kappa shape index (κ1) is 16.9. The molecule has 3 rings (SSSR count). The summed E-state index contributed by atoms with van der Waals surface area (Å²) in [6.45, 7) is 7.48. The number of hydrogen-bond donors (Lipinski definition) is 1. The summed E-state index contributed by atoms with van der Waals surface area (Å²) >= 11 is 0. The highest BCUT2D eigenvalue weighted by atomic mass is 32.2. The Labute approximate surface area is 137 Å². The van der Waals surface area contributed by atoms with Gasteiger partial charge in [-0.3, -0.25) is 4.90 Å². The van der Waals surface area contributed by atoms with Crippen molar-refractivity contribution in [1.82, 2.24) is 14.8 Å². The first-order chi connectivity index (χ1) is 11.0. The maximum atomic E-state index is 12.4. The fourth-order valence-electron chi connectivity index (χ4n) is 3.49. The SMILES string of the molecule is Cc1noc(C)c1S(=O)(=O)NCC1CCN([C@@H]2CCOC2)CC1. The number of rotatable bonds is 5. The van der Waals surface area contributed by atoms with Crippen molar-refractivity contribution in [1.29, 1.82) is 0 Å². The zero-order valence-corrected chi connectivity index (χ0v) is 14.6. The van der Waals surface area contributed by atoms with Crippen molar-refractivity contribution in [3.8, 4) is 0 Å². The summed E-state index contributed by atoms with van der Waals surface area (Å²) in [4.78, 5) is 2.66. The van der Waals surface area contributed by atoms with Crippen molar-refractivity contribution in [2.24, 2.45) is 5.92 Å². The Morgan fingerprint density at radius 2 is 2.00 bits per heavy atom. The summed E-state index contributed by atoms with van der Waals surface area (Å²) in [6, 6.07) is 0.551. The highest BCUT2D eigenvalue weighted by Crippen LogP contribution is 2.23. The molecule has 2 fully saturated rings. The van der Waals surface area contributed by atoms with Crippen LogP contribution in [0.3, 0.4) is 0 Å². The van der Waals surface area contributed by atoms with Gasteiger partial charge in [-0.1, -0.05) is 5.16 Å². The van der Waals surface area contributed by atoms with Gasteiger partial charge >= 0.3 is 0 Å². The number of aryl methyl sites for hydroxylation is 2. The molecule has 2 saturated heterocycles. The van der Waals surface area contributed by atoms with E-state index >= 15 is 0 Å². The molecule has 1 N–H and O–H groups in total. The average Bonchev–Trinajstić information content (AvgIpc) is 3.16. The molecule has 1 aromatic rings. The lowest BCUT2D eigenvalue weighted by Gasteiger charge is -2.35. The van der Waals surface area contributed by atoms with Gasteiger partial charge < -0.3 is 9.26 Å². The van der Waals surface area contributed by atoms with Gasteiger partial charge in [0.25, 0.3) is 0 Å². The first-order valence-electron chi connectivity index (χ1n) is 8.21. The lowest BCUT2D eigenvalue weighted by Crippen LogP contribution is -2.44. The number of piperidine rings is 1. The van der Waals surface area contributed by atoms with E-state index in [-0.39, 0.29) is 4.90 Å². The molecule has 0 radical (unpaired) electrons. The molecular formula is C15H25N3O4S. The molecule has 2 aliphatic rings. The van der Waals surface area contributed by atoms with Gasteiger partial charge in [0.1, 0.15) is 10.6 Å². The molecule has 3 heterocycles. The molecular weight excluding hydrogens is 318 g/mol. The van der Waals surface area contributed by atoms with E-state index < -0.39 is 10.0 Å². The number of ether oxygens (including phenoxy) is 1. The third-order valence-corrected chi connectivity index (χ3v) is 6.54. The van der Waals surface area contributed by atoms with Crippen LogP contribution < -0.4 is 4.72 Å². The number of nitrogens with one attached hydrogen (secondary N) is 1. The lowest BCUT2D eigenvalue weighted by atomic mass is 9.96. The van der Waals surface area contributed by atoms with Gasteiger partial charge in [-0.25, -0.2) is 13.1 Å². The first-order valence-corrected chi connectivity index (χ1v) is 9.70. The van der Waals surface area contributed by atoms with E-state index in [1.807, 2.05) is 0 Å². The molecule has 1 atom stereocenters. The van der Waals surface area contributed by atoms with Gasteiger partial charge in [-0.2, -0.15) is 0 Å². The van der Waals surface area contributed by atoms with Crippen LogP contribution in [-0.4, -0.2) is 57.4 Å². The summed E-state index contributed by atoms with van der Waals surface area (Å²) in [6.07, 6.45) is 3.14. The second-order valence-electron chi connectivity index (χ2n) is 6.50. The number of aromatic nitrogens is 1. The van der Waals surface area contributed by atoms with E-state index in [1.54, 1.807) is 13.8 Å². The smallest absolute Gasteiger partial charge is 0.245 e. The Bertz CT molecular complexity index is 610. The van der Waals surface area contributed by atoms with Gasteiger partial charge in [0.15, 0.2) is 5.76 Å². The molecule has 2 aliphatic heterocycles. The molecule has 0 aliphatic carbocycles. The number of likely N-dealkylation sites (tertiary alicyclic amines) is 1. The van der Waals surface area contributed by atoms with Crippen molar-refractivity contribution >= 4 is 10.0 Å². The molecule has 0 bridgehead atoms. The number of sulfonamides is 1. The van der Waals surface area contributed by atoms with E-state index in [0.717, 1.165) is 45.6 Å². The van der Waals surface area contributed by atoms with Crippen LogP contribution in [0.2, 0.25) is 0 Å². The minimum atomic E-state index is -3.55. The van der Waals surface area contributed by atoms with Crippen molar-refractivity contribution in [3.63, 3.8) is 0 Å². The fraction of sp³-hybridized carbons (Fsp3) is 0.800. The van der Waals surface area contributed by atoms with Crippen LogP contribution in [0.15, 0.2) is 9.42 Å². The zero-order valence-electron chi connectivity index (χ0n) is 13.7. The summed E-state index contributed by atoms with van der Waals surface area (Å²) in [5, 5.41) is 3.72. The molecule has 0 saturated carbocycles. The topological polar surface area (TPSA) is 84.7 Å². The van der Waals surface area contributed by atoms with Crippen molar-refractivity contribution < 1.29 is 17.7 Å². The number of nitrogens with zero attached hydrogens (tertiary/aromatic N) is 2. The van der Waals surface area contributed by atoms with E-state index in [9.17, 15) is 8.42 Å². The van der Waals surface area contributed by atoms with Gasteiger partial charge in [0.2, 0.25) is 10.0 Å². The maximum Gasteiger partial charge on any atom is 0.245 e. The molecule has 0 aromatic carbocycles. The van der Waals surface area contributed by atoms with Crippen LogP contribution in [0.25, 0.3) is 0 Å². The predicted octanol–water partition coefficient (Wildman–Crippen LogP) is 1.07. The Morgan fingerprint density at radius 1 is 1.26 bits per heavy atom. The highest BCUT2D eigenvalue weighted by molar-refractivity contribution is 7.89. The van der Waals surface area contributed by atoms with Crippen molar-refractivity contribution in [2.75, 3.05) is 32.8 Å². The minimum Gasteiger partial charge on any atom is -0.380 e. The summed E-state index contributed by atoms with van der Waals surface area (Å²) in [5.41, 5.74) is 0.408. The van der Waals surface area contributed by atoms with Gasteiger partial charge in [0.05, 0.1) is 6.61 Å². The molecule has 130 valence electrons. The van der Waals surface area contributed by atoms with Crippen LogP contribution in [0, 0.1) is 19.8 Å². The summed E-state index contributed by atoms with van der Waals surface area (Å²) in [5.74, 6) is 0.717. The van der Waals surface area contributed by atoms with E-state index in [0.29, 0.717) is 30.0 Å². The van der Waals surface area contributed by atoms with Crippen LogP contribution in [0.5, 0.6) is 0 Å². The standard InChI is InChI=1S/C15H25N3O4S/c1-11-15(12(2)22-17-11)23(19,20)16-9-13-3-6-18(7-4-13)14-5-8-21-10-14/h13-14,16H,3-10H2,1-2H3/t14-/m1/s1. The van der Waals surface area contributed by atoms with Crippen LogP contribution in [-0.2, 0) is 14.8 Å². The lowest BCUT2D eigenvalue weighted by molar-refractivity contribution is 0.111. The molecule has 1 aromatic heterocycles. The van der Waals surface area contributed by atoms with Crippen LogP contribution in [0.1, 0.15) is 30.7 Å². The second kappa shape index (κ2) is 6.88. The second-order valence-corrected chi connectivity index (χ2v) is 8.21. The minimum absolute atomic E-state index is 0.179. The summed E-state index contributed by atoms with van der Waals surface area (Å²) in [7, 11) is -3.55. The Balaban J connectivity index is 1.51. The quantitative estimate of drug-likeness (QED) is 0.861. The third kappa shape index (κ3) is 3.76. The molecule has 0 spiro atoms. The monoisotopic (exact) mass is 343 g/mol. The molecule has 23 heavy (non-hydrogen) atoms. The Morgan fingerprint density at radius 3 is 2.57 bits per heavy atom. The van der Waals surface area contributed by atoms with Gasteiger partial charge in [0, 0.05) is 19.2 Å². The Kier molecular flexibility index (Phi) is 5.05. The van der Waals surface area contributed by atoms with E-state index in [1.165, 1.54) is 0 Å². The van der Waals surface area contributed by atoms with Crippen molar-refractivity contribution in [2.45, 2.75) is 44.0 Å².